The molecule has 100 valence electrons. The van der Waals surface area contributed by atoms with Gasteiger partial charge in [-0.25, -0.2) is 0 Å². The van der Waals surface area contributed by atoms with Gasteiger partial charge in [-0.3, -0.25) is 19.3 Å². The van der Waals surface area contributed by atoms with Crippen LogP contribution in [0.25, 0.3) is 0 Å². The standard InChI is InChI=1S/C13H12BrNO4/c14-8-4-5-9-10(7-8)13(19)15(12(9)18)6-2-1-3-11(16)17/h4-5,7H,1-3,6H2,(H,16,17). The van der Waals surface area contributed by atoms with Crippen LogP contribution in [0.3, 0.4) is 0 Å². The predicted molar refractivity (Wildman–Crippen MR) is 71.0 cm³/mol. The van der Waals surface area contributed by atoms with Crippen molar-refractivity contribution in [2.24, 2.45) is 0 Å². The summed E-state index contributed by atoms with van der Waals surface area (Å²) < 4.78 is 0.750. The van der Waals surface area contributed by atoms with E-state index in [2.05, 4.69) is 15.9 Å². The highest BCUT2D eigenvalue weighted by molar-refractivity contribution is 9.10. The summed E-state index contributed by atoms with van der Waals surface area (Å²) in [6, 6.07) is 4.97. The van der Waals surface area contributed by atoms with Crippen molar-refractivity contribution in [3.05, 3.63) is 33.8 Å². The number of hydrogen-bond acceptors (Lipinski definition) is 3. The highest BCUT2D eigenvalue weighted by Crippen LogP contribution is 2.26. The zero-order valence-electron chi connectivity index (χ0n) is 10.1. The quantitative estimate of drug-likeness (QED) is 0.665. The number of imide groups is 1. The van der Waals surface area contributed by atoms with Crippen LogP contribution in [-0.2, 0) is 4.79 Å². The van der Waals surface area contributed by atoms with Gasteiger partial charge in [-0.05, 0) is 31.0 Å². The highest BCUT2D eigenvalue weighted by atomic mass is 79.9. The molecule has 1 heterocycles. The lowest BCUT2D eigenvalue weighted by Gasteiger charge is -2.12. The number of carboxylic acid groups (broad SMARTS) is 1. The molecule has 1 N–H and O–H groups in total. The largest absolute Gasteiger partial charge is 0.481 e. The Morgan fingerprint density at radius 2 is 1.84 bits per heavy atom. The summed E-state index contributed by atoms with van der Waals surface area (Å²) >= 11 is 3.26. The number of nitrogens with zero attached hydrogens (tertiary/aromatic N) is 1. The van der Waals surface area contributed by atoms with Gasteiger partial charge in [0.15, 0.2) is 0 Å². The van der Waals surface area contributed by atoms with Crippen molar-refractivity contribution in [2.75, 3.05) is 6.54 Å². The molecule has 6 heteroatoms. The Morgan fingerprint density at radius 1 is 1.16 bits per heavy atom. The van der Waals surface area contributed by atoms with Crippen LogP contribution in [-0.4, -0.2) is 34.3 Å². The number of benzene rings is 1. The minimum Gasteiger partial charge on any atom is -0.481 e. The summed E-state index contributed by atoms with van der Waals surface area (Å²) in [4.78, 5) is 35.6. The normalized spacial score (nSPS) is 13.8. The van der Waals surface area contributed by atoms with Crippen LogP contribution in [0.2, 0.25) is 0 Å². The molecule has 0 spiro atoms. The van der Waals surface area contributed by atoms with Crippen molar-refractivity contribution in [1.82, 2.24) is 4.90 Å². The van der Waals surface area contributed by atoms with Crippen molar-refractivity contribution < 1.29 is 19.5 Å². The molecule has 2 amide bonds. The molecule has 1 aliphatic heterocycles. The molecular formula is C13H12BrNO4. The number of fused-ring (bicyclic) bond motifs is 1. The highest BCUT2D eigenvalue weighted by Gasteiger charge is 2.34. The molecular weight excluding hydrogens is 314 g/mol. The van der Waals surface area contributed by atoms with Crippen LogP contribution in [0.5, 0.6) is 0 Å². The van der Waals surface area contributed by atoms with Crippen LogP contribution in [0.4, 0.5) is 0 Å². The molecule has 0 unspecified atom stereocenters. The Hall–Kier alpha value is -1.69. The van der Waals surface area contributed by atoms with Gasteiger partial charge in [-0.2, -0.15) is 0 Å². The first kappa shape index (κ1) is 13.7. The second kappa shape index (κ2) is 5.52. The predicted octanol–water partition coefficient (Wildman–Crippen LogP) is 2.30. The SMILES string of the molecule is O=C(O)CCCCN1C(=O)c2ccc(Br)cc2C1=O. The van der Waals surface area contributed by atoms with Gasteiger partial charge in [-0.15, -0.1) is 0 Å². The number of rotatable bonds is 5. The van der Waals surface area contributed by atoms with E-state index in [4.69, 9.17) is 5.11 Å². The smallest absolute Gasteiger partial charge is 0.303 e. The summed E-state index contributed by atoms with van der Waals surface area (Å²) in [6.07, 6.45) is 1.00. The maximum atomic E-state index is 12.1. The van der Waals surface area contributed by atoms with E-state index in [1.54, 1.807) is 18.2 Å². The molecule has 5 nitrogen and oxygen atoms in total. The van der Waals surface area contributed by atoms with E-state index in [1.807, 2.05) is 0 Å². The number of unbranched alkanes of at least 4 members (excludes halogenated alkanes) is 1. The van der Waals surface area contributed by atoms with Crippen molar-refractivity contribution in [1.29, 1.82) is 0 Å². The van der Waals surface area contributed by atoms with Crippen LogP contribution in [0.1, 0.15) is 40.0 Å². The Bertz CT molecular complexity index is 556. The summed E-state index contributed by atoms with van der Waals surface area (Å²) in [5.41, 5.74) is 0.809. The average molecular weight is 326 g/mol. The van der Waals surface area contributed by atoms with Gasteiger partial charge in [0, 0.05) is 17.4 Å². The first-order valence-corrected chi connectivity index (χ1v) is 6.67. The van der Waals surface area contributed by atoms with Gasteiger partial charge >= 0.3 is 5.97 Å². The lowest BCUT2D eigenvalue weighted by molar-refractivity contribution is -0.137. The number of aliphatic carboxylic acids is 1. The van der Waals surface area contributed by atoms with Gasteiger partial charge in [0.05, 0.1) is 11.1 Å². The molecule has 0 atom stereocenters. The van der Waals surface area contributed by atoms with Gasteiger partial charge in [0.1, 0.15) is 0 Å². The van der Waals surface area contributed by atoms with Crippen molar-refractivity contribution in [3.63, 3.8) is 0 Å². The molecule has 0 aromatic heterocycles. The number of carbonyl (C=O) groups excluding carboxylic acids is 2. The van der Waals surface area contributed by atoms with Crippen LogP contribution >= 0.6 is 15.9 Å². The fraction of sp³-hybridized carbons (Fsp3) is 0.308. The minimum absolute atomic E-state index is 0.0503. The second-order valence-corrected chi connectivity index (χ2v) is 5.22. The zero-order valence-corrected chi connectivity index (χ0v) is 11.6. The van der Waals surface area contributed by atoms with E-state index >= 15 is 0 Å². The Kier molecular flexibility index (Phi) is 3.99. The zero-order chi connectivity index (χ0) is 14.0. The van der Waals surface area contributed by atoms with E-state index in [9.17, 15) is 14.4 Å². The number of carboxylic acids is 1. The van der Waals surface area contributed by atoms with E-state index in [0.717, 1.165) is 4.47 Å². The second-order valence-electron chi connectivity index (χ2n) is 4.30. The molecule has 1 aromatic rings. The summed E-state index contributed by atoms with van der Waals surface area (Å²) in [5, 5.41) is 8.53. The maximum Gasteiger partial charge on any atom is 0.303 e. The number of hydrogen-bond donors (Lipinski definition) is 1. The van der Waals surface area contributed by atoms with E-state index in [-0.39, 0.29) is 24.8 Å². The fourth-order valence-corrected chi connectivity index (χ4v) is 2.37. The molecule has 0 fully saturated rings. The average Bonchev–Trinajstić information content (AvgIpc) is 2.58. The van der Waals surface area contributed by atoms with Crippen LogP contribution in [0.15, 0.2) is 22.7 Å². The Morgan fingerprint density at radius 3 is 2.53 bits per heavy atom. The molecule has 0 bridgehead atoms. The third-order valence-electron chi connectivity index (χ3n) is 2.96. The fourth-order valence-electron chi connectivity index (χ4n) is 2.01. The number of amides is 2. The van der Waals surface area contributed by atoms with E-state index in [1.165, 1.54) is 4.90 Å². The molecule has 0 saturated heterocycles. The van der Waals surface area contributed by atoms with Gasteiger partial charge < -0.3 is 5.11 Å². The Labute approximate surface area is 118 Å². The van der Waals surface area contributed by atoms with Crippen molar-refractivity contribution >= 4 is 33.7 Å². The number of halogens is 1. The molecule has 0 radical (unpaired) electrons. The Balaban J connectivity index is 2.04. The van der Waals surface area contributed by atoms with Crippen molar-refractivity contribution in [2.45, 2.75) is 19.3 Å². The van der Waals surface area contributed by atoms with Gasteiger partial charge in [0.25, 0.3) is 11.8 Å². The maximum absolute atomic E-state index is 12.1. The first-order chi connectivity index (χ1) is 9.00. The van der Waals surface area contributed by atoms with Crippen molar-refractivity contribution in [3.8, 4) is 0 Å². The molecule has 0 saturated carbocycles. The monoisotopic (exact) mass is 325 g/mol. The van der Waals surface area contributed by atoms with Crippen LogP contribution < -0.4 is 0 Å². The summed E-state index contributed by atoms with van der Waals surface area (Å²) in [5.74, 6) is -1.48. The lowest BCUT2D eigenvalue weighted by Crippen LogP contribution is -2.30. The van der Waals surface area contributed by atoms with Gasteiger partial charge in [-0.1, -0.05) is 15.9 Å². The molecule has 1 aromatic carbocycles. The van der Waals surface area contributed by atoms with Gasteiger partial charge in [0.2, 0.25) is 0 Å². The lowest BCUT2D eigenvalue weighted by atomic mass is 10.1. The summed E-state index contributed by atoms with van der Waals surface area (Å²) in [7, 11) is 0. The molecule has 19 heavy (non-hydrogen) atoms. The van der Waals surface area contributed by atoms with Crippen LogP contribution in [0, 0.1) is 0 Å². The molecule has 1 aliphatic rings. The molecule has 0 aliphatic carbocycles. The van der Waals surface area contributed by atoms with E-state index < -0.39 is 5.97 Å². The number of carbonyl (C=O) groups is 3. The molecule has 2 rings (SSSR count). The topological polar surface area (TPSA) is 74.7 Å². The third-order valence-corrected chi connectivity index (χ3v) is 3.45. The first-order valence-electron chi connectivity index (χ1n) is 5.88. The van der Waals surface area contributed by atoms with E-state index in [0.29, 0.717) is 24.0 Å². The third kappa shape index (κ3) is 2.84. The summed E-state index contributed by atoms with van der Waals surface area (Å²) in [6.45, 7) is 0.261. The minimum atomic E-state index is -0.869.